The number of ether oxygens (including phenoxy) is 2. The Bertz CT molecular complexity index is 1440. The third-order valence-corrected chi connectivity index (χ3v) is 7.12. The van der Waals surface area contributed by atoms with Crippen LogP contribution in [-0.2, 0) is 5.41 Å². The SMILES string of the molecule is COc1cc(-c2cnn3cc(C(C)(C)c4noc(C)n4)ccc23)cc(OCF)c1C(=O)CCCC1CC1. The minimum atomic E-state index is -1.04. The maximum absolute atomic E-state index is 13.3. The van der Waals surface area contributed by atoms with Gasteiger partial charge in [0.15, 0.2) is 11.6 Å². The van der Waals surface area contributed by atoms with Gasteiger partial charge >= 0.3 is 0 Å². The summed E-state index contributed by atoms with van der Waals surface area (Å²) < 4.78 is 31.2. The van der Waals surface area contributed by atoms with Gasteiger partial charge in [0.2, 0.25) is 12.8 Å². The molecule has 1 aromatic carbocycles. The molecule has 0 bridgehead atoms. The molecule has 0 saturated heterocycles. The van der Waals surface area contributed by atoms with E-state index < -0.39 is 12.3 Å². The van der Waals surface area contributed by atoms with Gasteiger partial charge in [-0.05, 0) is 55.5 Å². The smallest absolute Gasteiger partial charge is 0.228 e. The molecule has 0 N–H and O–H groups in total. The summed E-state index contributed by atoms with van der Waals surface area (Å²) in [6.07, 6.45) is 8.38. The Morgan fingerprint density at radius 3 is 2.70 bits per heavy atom. The molecular formula is C28H31FN4O4. The van der Waals surface area contributed by atoms with E-state index in [1.807, 2.05) is 32.2 Å². The molecule has 3 aromatic heterocycles. The first-order chi connectivity index (χ1) is 17.8. The number of hydrogen-bond donors (Lipinski definition) is 0. The Morgan fingerprint density at radius 1 is 1.24 bits per heavy atom. The molecule has 1 aliphatic carbocycles. The number of pyridine rings is 1. The number of aryl methyl sites for hydroxylation is 1. The standard InChI is InChI=1S/C28H31FN4O4/c1-17-31-27(32-37-17)28(2,3)20-10-11-22-21(14-30-33(22)15-20)19-12-24(35-4)26(25(13-19)36-16-29)23(34)7-5-6-18-8-9-18/h10-15,18H,5-9,16H2,1-4H3. The molecule has 8 nitrogen and oxygen atoms in total. The number of carbonyl (C=O) groups is 1. The Labute approximate surface area is 214 Å². The monoisotopic (exact) mass is 506 g/mol. The van der Waals surface area contributed by atoms with Gasteiger partial charge in [0.05, 0.1) is 24.2 Å². The number of carbonyl (C=O) groups excluding carboxylic acids is 1. The van der Waals surface area contributed by atoms with E-state index in [0.717, 1.165) is 35.4 Å². The first-order valence-electron chi connectivity index (χ1n) is 12.5. The molecule has 194 valence electrons. The molecule has 0 spiro atoms. The molecule has 0 atom stereocenters. The van der Waals surface area contributed by atoms with Crippen molar-refractivity contribution in [3.8, 4) is 22.6 Å². The minimum absolute atomic E-state index is 0.101. The number of aromatic nitrogens is 4. The number of hydrogen-bond acceptors (Lipinski definition) is 7. The third-order valence-electron chi connectivity index (χ3n) is 7.12. The zero-order chi connectivity index (χ0) is 26.2. The number of alkyl halides is 1. The first kappa shape index (κ1) is 24.9. The van der Waals surface area contributed by atoms with Gasteiger partial charge in [-0.25, -0.2) is 8.91 Å². The minimum Gasteiger partial charge on any atom is -0.496 e. The van der Waals surface area contributed by atoms with Crippen LogP contribution in [0.25, 0.3) is 16.6 Å². The number of Topliss-reactive ketones (excluding diaryl/α,β-unsaturated/α-hetero) is 1. The lowest BCUT2D eigenvalue weighted by Gasteiger charge is -2.21. The van der Waals surface area contributed by atoms with Gasteiger partial charge in [0.1, 0.15) is 17.1 Å². The van der Waals surface area contributed by atoms with Gasteiger partial charge < -0.3 is 14.0 Å². The highest BCUT2D eigenvalue weighted by molar-refractivity contribution is 6.02. The van der Waals surface area contributed by atoms with Crippen molar-refractivity contribution in [3.05, 3.63) is 59.5 Å². The van der Waals surface area contributed by atoms with E-state index in [-0.39, 0.29) is 17.1 Å². The molecule has 37 heavy (non-hydrogen) atoms. The zero-order valence-corrected chi connectivity index (χ0v) is 21.6. The van der Waals surface area contributed by atoms with Gasteiger partial charge in [0.25, 0.3) is 0 Å². The van der Waals surface area contributed by atoms with Crippen molar-refractivity contribution < 1.29 is 23.2 Å². The number of methoxy groups -OCH3 is 1. The lowest BCUT2D eigenvalue weighted by molar-refractivity contribution is 0.0968. The van der Waals surface area contributed by atoms with Gasteiger partial charge in [0, 0.05) is 25.1 Å². The van der Waals surface area contributed by atoms with E-state index >= 15 is 0 Å². The van der Waals surface area contributed by atoms with E-state index in [2.05, 4.69) is 15.2 Å². The molecule has 0 unspecified atom stereocenters. The second-order valence-corrected chi connectivity index (χ2v) is 10.1. The summed E-state index contributed by atoms with van der Waals surface area (Å²) in [4.78, 5) is 17.5. The molecule has 0 aliphatic heterocycles. The van der Waals surface area contributed by atoms with Crippen molar-refractivity contribution in [2.75, 3.05) is 14.0 Å². The van der Waals surface area contributed by atoms with Crippen LogP contribution in [0.4, 0.5) is 4.39 Å². The number of ketones is 1. The highest BCUT2D eigenvalue weighted by Crippen LogP contribution is 2.39. The van der Waals surface area contributed by atoms with Crippen molar-refractivity contribution in [2.45, 2.75) is 58.3 Å². The summed E-state index contributed by atoms with van der Waals surface area (Å²) in [5.74, 6) is 2.29. The summed E-state index contributed by atoms with van der Waals surface area (Å²) in [7, 11) is 1.50. The van der Waals surface area contributed by atoms with Crippen LogP contribution >= 0.6 is 0 Å². The van der Waals surface area contributed by atoms with E-state index in [0.29, 0.717) is 29.4 Å². The van der Waals surface area contributed by atoms with Crippen LogP contribution in [0.5, 0.6) is 11.5 Å². The molecule has 1 fully saturated rings. The molecule has 0 radical (unpaired) electrons. The fraction of sp³-hybridized carbons (Fsp3) is 0.429. The van der Waals surface area contributed by atoms with Crippen molar-refractivity contribution >= 4 is 11.3 Å². The number of rotatable bonds is 11. The Kier molecular flexibility index (Phi) is 6.70. The van der Waals surface area contributed by atoms with Crippen molar-refractivity contribution in [1.82, 2.24) is 19.8 Å². The van der Waals surface area contributed by atoms with Crippen LogP contribution in [0.1, 0.15) is 73.6 Å². The molecule has 1 aliphatic rings. The van der Waals surface area contributed by atoms with Gasteiger partial charge in [-0.2, -0.15) is 10.1 Å². The van der Waals surface area contributed by atoms with Gasteiger partial charge in [-0.1, -0.05) is 30.5 Å². The second kappa shape index (κ2) is 9.95. The fourth-order valence-corrected chi connectivity index (χ4v) is 4.70. The van der Waals surface area contributed by atoms with Gasteiger partial charge in [-0.3, -0.25) is 4.79 Å². The van der Waals surface area contributed by atoms with Crippen molar-refractivity contribution in [2.24, 2.45) is 5.92 Å². The fourth-order valence-electron chi connectivity index (χ4n) is 4.70. The summed E-state index contributed by atoms with van der Waals surface area (Å²) >= 11 is 0. The summed E-state index contributed by atoms with van der Waals surface area (Å²) in [5, 5.41) is 8.64. The van der Waals surface area contributed by atoms with Crippen molar-refractivity contribution in [3.63, 3.8) is 0 Å². The number of fused-ring (bicyclic) bond motifs is 1. The maximum atomic E-state index is 13.3. The molecule has 1 saturated carbocycles. The maximum Gasteiger partial charge on any atom is 0.228 e. The predicted octanol–water partition coefficient (Wildman–Crippen LogP) is 6.10. The van der Waals surface area contributed by atoms with Crippen LogP contribution in [0, 0.1) is 12.8 Å². The number of halogens is 1. The van der Waals surface area contributed by atoms with E-state index in [4.69, 9.17) is 14.0 Å². The van der Waals surface area contributed by atoms with Crippen molar-refractivity contribution in [1.29, 1.82) is 0 Å². The number of nitrogens with zero attached hydrogens (tertiary/aromatic N) is 4. The van der Waals surface area contributed by atoms with Gasteiger partial charge in [-0.15, -0.1) is 0 Å². The molecule has 5 rings (SSSR count). The molecule has 0 amide bonds. The zero-order valence-electron chi connectivity index (χ0n) is 21.6. The Morgan fingerprint density at radius 2 is 2.03 bits per heavy atom. The van der Waals surface area contributed by atoms with E-state index in [1.54, 1.807) is 29.8 Å². The molecule has 3 heterocycles. The first-order valence-corrected chi connectivity index (χ1v) is 12.5. The molecule has 9 heteroatoms. The van der Waals surface area contributed by atoms with E-state index in [1.165, 1.54) is 20.0 Å². The lowest BCUT2D eigenvalue weighted by Crippen LogP contribution is -2.21. The lowest BCUT2D eigenvalue weighted by atomic mass is 9.85. The Balaban J connectivity index is 1.49. The third kappa shape index (κ3) is 4.95. The van der Waals surface area contributed by atoms with Crippen LogP contribution in [0.3, 0.4) is 0 Å². The summed E-state index contributed by atoms with van der Waals surface area (Å²) in [6.45, 7) is 4.76. The van der Waals surface area contributed by atoms with Crippen LogP contribution in [-0.4, -0.2) is 39.5 Å². The average Bonchev–Trinajstić information content (AvgIpc) is 3.43. The van der Waals surface area contributed by atoms with E-state index in [9.17, 15) is 9.18 Å². The topological polar surface area (TPSA) is 91.8 Å². The van der Waals surface area contributed by atoms with Crippen LogP contribution in [0.15, 0.2) is 41.2 Å². The largest absolute Gasteiger partial charge is 0.496 e. The predicted molar refractivity (Wildman–Crippen MR) is 136 cm³/mol. The normalized spacial score (nSPS) is 13.8. The number of benzene rings is 1. The average molecular weight is 507 g/mol. The summed E-state index contributed by atoms with van der Waals surface area (Å²) in [5.41, 5.74) is 3.10. The highest BCUT2D eigenvalue weighted by atomic mass is 19.1. The van der Waals surface area contributed by atoms with Crippen LogP contribution < -0.4 is 9.47 Å². The molecular weight excluding hydrogens is 475 g/mol. The second-order valence-electron chi connectivity index (χ2n) is 10.1. The summed E-state index contributed by atoms with van der Waals surface area (Å²) in [6, 6.07) is 7.44. The quantitative estimate of drug-likeness (QED) is 0.227. The Hall–Kier alpha value is -3.75. The molecule has 4 aromatic rings. The highest BCUT2D eigenvalue weighted by Gasteiger charge is 2.30. The van der Waals surface area contributed by atoms with Crippen LogP contribution in [0.2, 0.25) is 0 Å².